The zero-order valence-electron chi connectivity index (χ0n) is 21.7. The number of aromatic nitrogens is 6. The van der Waals surface area contributed by atoms with E-state index in [2.05, 4.69) is 29.7 Å². The maximum atomic E-state index is 15.8. The van der Waals surface area contributed by atoms with Gasteiger partial charge in [0.1, 0.15) is 42.5 Å². The average molecular weight is 644 g/mol. The summed E-state index contributed by atoms with van der Waals surface area (Å²) in [6, 6.07) is 0. The fraction of sp³-hybridized carbons (Fsp3) is 0.524. The fourth-order valence-corrected chi connectivity index (χ4v) is 7.24. The number of nitrogens with one attached hydrogen (secondary N) is 1. The summed E-state index contributed by atoms with van der Waals surface area (Å²) in [6.45, 7) is -1.29. The number of rotatable bonds is 2. The summed E-state index contributed by atoms with van der Waals surface area (Å²) in [5.41, 5.74) is 6.20. The minimum absolute atomic E-state index is 0.0298. The molecule has 0 bridgehead atoms. The number of alkyl halides is 1. The third-order valence-electron chi connectivity index (χ3n) is 7.31. The van der Waals surface area contributed by atoms with E-state index in [-0.39, 0.29) is 47.1 Å². The molecule has 4 N–H and O–H groups in total. The first-order valence-corrected chi connectivity index (χ1v) is 15.7. The zero-order valence-corrected chi connectivity index (χ0v) is 23.5. The van der Waals surface area contributed by atoms with Crippen molar-refractivity contribution in [3.8, 4) is 0 Å². The summed E-state index contributed by atoms with van der Waals surface area (Å²) in [5, 5.41) is 0. The second-order valence-corrected chi connectivity index (χ2v) is 12.8. The molecule has 19 nitrogen and oxygen atoms in total. The third-order valence-corrected chi connectivity index (χ3v) is 9.32. The summed E-state index contributed by atoms with van der Waals surface area (Å²) in [4.78, 5) is 42.9. The number of hydrogen-bond acceptors (Lipinski definition) is 15. The van der Waals surface area contributed by atoms with Crippen LogP contribution in [0.15, 0.2) is 24.0 Å². The van der Waals surface area contributed by atoms with Crippen molar-refractivity contribution in [2.75, 3.05) is 18.9 Å². The minimum Gasteiger partial charge on any atom is -0.382 e. The fourth-order valence-electron chi connectivity index (χ4n) is 5.32. The van der Waals surface area contributed by atoms with Crippen molar-refractivity contribution in [3.05, 3.63) is 24.7 Å². The predicted octanol–water partition coefficient (Wildman–Crippen LogP) is -0.148. The van der Waals surface area contributed by atoms with Gasteiger partial charge in [-0.2, -0.15) is 13.1 Å². The van der Waals surface area contributed by atoms with Crippen LogP contribution in [0.4, 0.5) is 16.0 Å². The summed E-state index contributed by atoms with van der Waals surface area (Å²) in [6.07, 6.45) is -5.10. The van der Waals surface area contributed by atoms with E-state index in [4.69, 9.17) is 28.4 Å². The number of carbonyl (C=O) groups excluding carboxylic acids is 1. The molecule has 22 heteroatoms. The van der Waals surface area contributed by atoms with E-state index in [1.807, 2.05) is 0 Å². The lowest BCUT2D eigenvalue weighted by Gasteiger charge is -2.25. The van der Waals surface area contributed by atoms with Crippen molar-refractivity contribution in [1.29, 1.82) is 0 Å². The lowest BCUT2D eigenvalue weighted by Crippen LogP contribution is -2.43. The predicted molar refractivity (Wildman–Crippen MR) is 139 cm³/mol. The molecule has 0 saturated carbocycles. The first kappa shape index (κ1) is 28.5. The maximum Gasteiger partial charge on any atom is 0.472 e. The molecule has 230 valence electrons. The van der Waals surface area contributed by atoms with Crippen LogP contribution in [0.2, 0.25) is 0 Å². The Morgan fingerprint density at radius 3 is 2.77 bits per heavy atom. The van der Waals surface area contributed by atoms with Crippen molar-refractivity contribution >= 4 is 52.9 Å². The third kappa shape index (κ3) is 5.15. The Kier molecular flexibility index (Phi) is 6.91. The molecule has 0 amide bonds. The van der Waals surface area contributed by atoms with Crippen LogP contribution >= 0.6 is 7.82 Å². The van der Waals surface area contributed by atoms with E-state index in [1.54, 1.807) is 0 Å². The van der Waals surface area contributed by atoms with Gasteiger partial charge in [-0.25, -0.2) is 33.9 Å². The van der Waals surface area contributed by atoms with Gasteiger partial charge in [0.05, 0.1) is 19.3 Å². The number of imidazole rings is 2. The number of fused-ring (bicyclic) bond motifs is 4. The number of phosphoric ester groups is 1. The number of nitrogen functional groups attached to an aromatic ring is 1. The van der Waals surface area contributed by atoms with Crippen LogP contribution in [-0.4, -0.2) is 98.1 Å². The Hall–Kier alpha value is -3.27. The number of nitrogens with two attached hydrogens (primary N) is 1. The number of ketones is 1. The van der Waals surface area contributed by atoms with E-state index in [9.17, 15) is 22.7 Å². The largest absolute Gasteiger partial charge is 0.472 e. The molecule has 4 aliphatic rings. The Labute approximate surface area is 241 Å². The summed E-state index contributed by atoms with van der Waals surface area (Å²) >= 11 is 0. The lowest BCUT2D eigenvalue weighted by molar-refractivity contribution is -0.0474. The minimum atomic E-state index is -4.98. The van der Waals surface area contributed by atoms with Crippen LogP contribution in [0, 0.1) is 0 Å². The molecule has 7 heterocycles. The Morgan fingerprint density at radius 1 is 1.12 bits per heavy atom. The van der Waals surface area contributed by atoms with Crippen LogP contribution in [0.25, 0.3) is 11.2 Å². The standard InChI is InChI=1S/C21H23FN9O10PS/c22-14-17-11(39-21(14)31-8-28-16-18(23)25-6-26-20(16)31)4-29-43(35,36)41-10-3-13(38-12(10)5-37-42(33,34)40-17)30-7-27-15-9(32)1-2-24-19(15)30/h2,6-8,10-14,17,21,29H,1,3-5H2,(H,33,34)(H2,23,25,26)/t10-,11+,12+,13+,14+,17+,21+/m0/s1. The van der Waals surface area contributed by atoms with Crippen molar-refractivity contribution in [1.82, 2.24) is 33.8 Å². The number of aliphatic imine (C=N–C) groups is 1. The summed E-state index contributed by atoms with van der Waals surface area (Å²) < 4.78 is 86.9. The highest BCUT2D eigenvalue weighted by atomic mass is 32.2. The molecule has 7 rings (SSSR count). The Balaban J connectivity index is 1.14. The number of Topliss-reactive ketones (excluding diaryl/α,β-unsaturated/α-hetero) is 1. The molecule has 3 aromatic heterocycles. The highest BCUT2D eigenvalue weighted by Gasteiger charge is 2.52. The van der Waals surface area contributed by atoms with E-state index < -0.39 is 74.3 Å². The molecule has 0 aromatic carbocycles. The molecule has 3 aromatic rings. The second kappa shape index (κ2) is 10.4. The Bertz CT molecular complexity index is 1790. The van der Waals surface area contributed by atoms with Crippen molar-refractivity contribution in [3.63, 3.8) is 0 Å². The first-order valence-electron chi connectivity index (χ1n) is 12.8. The molecular weight excluding hydrogens is 620 g/mol. The van der Waals surface area contributed by atoms with Gasteiger partial charge in [-0.3, -0.25) is 27.2 Å². The van der Waals surface area contributed by atoms with Gasteiger partial charge in [0.2, 0.25) is 0 Å². The summed E-state index contributed by atoms with van der Waals surface area (Å²) in [5.74, 6) is -0.00931. The molecule has 1 unspecified atom stereocenters. The van der Waals surface area contributed by atoms with Crippen molar-refractivity contribution in [2.45, 2.75) is 55.9 Å². The normalized spacial score (nSPS) is 36.0. The van der Waals surface area contributed by atoms with Crippen LogP contribution in [0.3, 0.4) is 0 Å². The molecule has 0 aliphatic carbocycles. The number of anilines is 1. The Morgan fingerprint density at radius 2 is 1.93 bits per heavy atom. The van der Waals surface area contributed by atoms with Gasteiger partial charge in [-0.05, 0) is 0 Å². The SMILES string of the molecule is Nc1ncnc2c1ncn2[C@@H]1O[C@@H]2CNS(=O)(=O)O[C@H]3C[C@H](n4cnc5c4N=CCC5=O)O[C@@H]3COP(=O)(O)O[C@H]2[C@H]1F. The monoisotopic (exact) mass is 643 g/mol. The number of phosphoric acid groups is 1. The maximum absolute atomic E-state index is 15.8. The summed E-state index contributed by atoms with van der Waals surface area (Å²) in [7, 11) is -9.50. The van der Waals surface area contributed by atoms with Crippen LogP contribution in [0.5, 0.6) is 0 Å². The average Bonchev–Trinajstić information content (AvgIpc) is 3.72. The zero-order chi connectivity index (χ0) is 30.1. The molecule has 43 heavy (non-hydrogen) atoms. The quantitative estimate of drug-likeness (QED) is 0.307. The van der Waals surface area contributed by atoms with Gasteiger partial charge >= 0.3 is 18.1 Å². The van der Waals surface area contributed by atoms with Crippen LogP contribution in [0.1, 0.15) is 35.8 Å². The van der Waals surface area contributed by atoms with Gasteiger partial charge in [0.15, 0.2) is 41.2 Å². The molecule has 0 spiro atoms. The van der Waals surface area contributed by atoms with Gasteiger partial charge in [0, 0.05) is 25.6 Å². The van der Waals surface area contributed by atoms with E-state index in [0.29, 0.717) is 0 Å². The smallest absolute Gasteiger partial charge is 0.382 e. The topological polar surface area (TPSA) is 246 Å². The highest BCUT2D eigenvalue weighted by Crippen LogP contribution is 2.50. The molecule has 8 atom stereocenters. The van der Waals surface area contributed by atoms with Crippen molar-refractivity contribution in [2.24, 2.45) is 4.99 Å². The number of halogens is 1. The van der Waals surface area contributed by atoms with Gasteiger partial charge < -0.3 is 20.1 Å². The molecule has 3 fully saturated rings. The molecular formula is C21H23FN9O10PS. The molecule has 3 saturated heterocycles. The number of carbonyl (C=O) groups is 1. The molecule has 0 radical (unpaired) electrons. The lowest BCUT2D eigenvalue weighted by atomic mass is 10.1. The van der Waals surface area contributed by atoms with E-state index >= 15 is 4.39 Å². The van der Waals surface area contributed by atoms with E-state index in [0.717, 1.165) is 6.33 Å². The number of hydrogen-bond donors (Lipinski definition) is 3. The van der Waals surface area contributed by atoms with Gasteiger partial charge in [-0.15, -0.1) is 0 Å². The van der Waals surface area contributed by atoms with Crippen LogP contribution < -0.4 is 10.5 Å². The first-order chi connectivity index (χ1) is 20.5. The second-order valence-electron chi connectivity index (χ2n) is 9.99. The van der Waals surface area contributed by atoms with Crippen LogP contribution in [-0.2, 0) is 37.6 Å². The van der Waals surface area contributed by atoms with Gasteiger partial charge in [0.25, 0.3) is 0 Å². The number of nitrogens with zero attached hydrogens (tertiary/aromatic N) is 7. The molecule has 4 aliphatic heterocycles. The highest BCUT2D eigenvalue weighted by molar-refractivity contribution is 7.84. The number of ether oxygens (including phenoxy) is 2. The van der Waals surface area contributed by atoms with E-state index in [1.165, 1.54) is 28.0 Å². The van der Waals surface area contributed by atoms with Gasteiger partial charge in [-0.1, -0.05) is 0 Å². The van der Waals surface area contributed by atoms with Crippen molar-refractivity contribution < 1.29 is 49.8 Å².